The van der Waals surface area contributed by atoms with Gasteiger partial charge in [-0.2, -0.15) is 0 Å². The SMILES string of the molecule is CN(C)S(=O)(=O)c1ccccc1CNC(=O)/C=C/c1cccc([N+](=O)[O-])c1. The van der Waals surface area contributed by atoms with Crippen LogP contribution in [-0.4, -0.2) is 37.6 Å². The van der Waals surface area contributed by atoms with E-state index in [9.17, 15) is 23.3 Å². The Hall–Kier alpha value is -3.04. The number of hydrogen-bond donors (Lipinski definition) is 1. The molecule has 0 saturated carbocycles. The van der Waals surface area contributed by atoms with E-state index in [-0.39, 0.29) is 17.1 Å². The molecule has 0 unspecified atom stereocenters. The average molecular weight is 389 g/mol. The van der Waals surface area contributed by atoms with Crippen molar-refractivity contribution in [2.45, 2.75) is 11.4 Å². The van der Waals surface area contributed by atoms with E-state index in [0.717, 1.165) is 4.31 Å². The summed E-state index contributed by atoms with van der Waals surface area (Å²) in [4.78, 5) is 22.4. The van der Waals surface area contributed by atoms with Crippen LogP contribution in [0, 0.1) is 10.1 Å². The first-order valence-electron chi connectivity index (χ1n) is 7.92. The first kappa shape index (κ1) is 20.3. The van der Waals surface area contributed by atoms with Gasteiger partial charge < -0.3 is 5.32 Å². The van der Waals surface area contributed by atoms with Gasteiger partial charge in [0.05, 0.1) is 9.82 Å². The van der Waals surface area contributed by atoms with Crippen LogP contribution in [0.15, 0.2) is 59.5 Å². The smallest absolute Gasteiger partial charge is 0.270 e. The number of nitro benzene ring substituents is 1. The van der Waals surface area contributed by atoms with Gasteiger partial charge in [0.2, 0.25) is 15.9 Å². The molecule has 0 aliphatic carbocycles. The van der Waals surface area contributed by atoms with Crippen LogP contribution in [0.1, 0.15) is 11.1 Å². The summed E-state index contributed by atoms with van der Waals surface area (Å²) in [6.07, 6.45) is 2.69. The van der Waals surface area contributed by atoms with Crippen molar-refractivity contribution in [2.75, 3.05) is 14.1 Å². The zero-order valence-corrected chi connectivity index (χ0v) is 15.6. The number of carbonyl (C=O) groups is 1. The number of rotatable bonds is 7. The van der Waals surface area contributed by atoms with E-state index in [1.807, 2.05) is 0 Å². The fraction of sp³-hybridized carbons (Fsp3) is 0.167. The predicted molar refractivity (Wildman–Crippen MR) is 101 cm³/mol. The summed E-state index contributed by atoms with van der Waals surface area (Å²) in [6, 6.07) is 12.3. The molecule has 27 heavy (non-hydrogen) atoms. The second kappa shape index (κ2) is 8.56. The highest BCUT2D eigenvalue weighted by Crippen LogP contribution is 2.18. The van der Waals surface area contributed by atoms with Crippen LogP contribution in [0.2, 0.25) is 0 Å². The maximum Gasteiger partial charge on any atom is 0.270 e. The third-order valence-electron chi connectivity index (χ3n) is 3.69. The van der Waals surface area contributed by atoms with Crippen LogP contribution < -0.4 is 5.32 Å². The van der Waals surface area contributed by atoms with Crippen LogP contribution in [0.4, 0.5) is 5.69 Å². The third-order valence-corrected chi connectivity index (χ3v) is 5.61. The number of nitrogens with one attached hydrogen (secondary N) is 1. The van der Waals surface area contributed by atoms with E-state index in [2.05, 4.69) is 5.32 Å². The number of carbonyl (C=O) groups excluding carboxylic acids is 1. The van der Waals surface area contributed by atoms with E-state index in [4.69, 9.17) is 0 Å². The molecule has 1 N–H and O–H groups in total. The Bertz CT molecular complexity index is 984. The molecule has 2 rings (SSSR count). The minimum Gasteiger partial charge on any atom is -0.348 e. The Morgan fingerprint density at radius 1 is 1.19 bits per heavy atom. The van der Waals surface area contributed by atoms with Gasteiger partial charge in [0.15, 0.2) is 0 Å². The molecule has 1 amide bonds. The number of hydrogen-bond acceptors (Lipinski definition) is 5. The lowest BCUT2D eigenvalue weighted by atomic mass is 10.2. The van der Waals surface area contributed by atoms with Crippen molar-refractivity contribution in [3.63, 3.8) is 0 Å². The van der Waals surface area contributed by atoms with Gasteiger partial charge in [-0.05, 0) is 23.3 Å². The van der Waals surface area contributed by atoms with E-state index >= 15 is 0 Å². The van der Waals surface area contributed by atoms with Gasteiger partial charge in [-0.3, -0.25) is 14.9 Å². The normalized spacial score (nSPS) is 11.7. The number of non-ortho nitro benzene ring substituents is 1. The molecule has 0 saturated heterocycles. The van der Waals surface area contributed by atoms with E-state index in [0.29, 0.717) is 11.1 Å². The standard InChI is InChI=1S/C18H19N3O5S/c1-20(2)27(25,26)17-9-4-3-7-15(17)13-19-18(22)11-10-14-6-5-8-16(12-14)21(23)24/h3-12H,13H2,1-2H3,(H,19,22)/b11-10+. The van der Waals surface area contributed by atoms with Crippen LogP contribution in [0.25, 0.3) is 6.08 Å². The molecule has 0 aliphatic rings. The highest BCUT2D eigenvalue weighted by atomic mass is 32.2. The molecule has 0 fully saturated rings. The highest BCUT2D eigenvalue weighted by molar-refractivity contribution is 7.89. The molecule has 0 radical (unpaired) electrons. The molecular weight excluding hydrogens is 370 g/mol. The summed E-state index contributed by atoms with van der Waals surface area (Å²) in [6.45, 7) is 0.0291. The summed E-state index contributed by atoms with van der Waals surface area (Å²) in [5, 5.41) is 13.4. The van der Waals surface area contributed by atoms with Crippen LogP contribution >= 0.6 is 0 Å². The maximum atomic E-state index is 12.3. The Labute approximate surface area is 157 Å². The fourth-order valence-electron chi connectivity index (χ4n) is 2.25. The van der Waals surface area contributed by atoms with Gasteiger partial charge in [-0.1, -0.05) is 30.3 Å². The Balaban J connectivity index is 2.09. The first-order valence-corrected chi connectivity index (χ1v) is 9.36. The number of benzene rings is 2. The molecule has 0 atom stereocenters. The first-order chi connectivity index (χ1) is 12.7. The number of amides is 1. The van der Waals surface area contributed by atoms with Crippen LogP contribution in [0.3, 0.4) is 0 Å². The molecular formula is C18H19N3O5S. The maximum absolute atomic E-state index is 12.3. The average Bonchev–Trinajstić information content (AvgIpc) is 2.65. The molecule has 8 nitrogen and oxygen atoms in total. The molecule has 0 aliphatic heterocycles. The van der Waals surface area contributed by atoms with E-state index in [1.165, 1.54) is 50.5 Å². The second-order valence-electron chi connectivity index (χ2n) is 5.80. The van der Waals surface area contributed by atoms with Crippen molar-refractivity contribution in [1.29, 1.82) is 0 Å². The van der Waals surface area contributed by atoms with Gasteiger partial charge in [-0.25, -0.2) is 12.7 Å². The molecule has 142 valence electrons. The summed E-state index contributed by atoms with van der Waals surface area (Å²) < 4.78 is 25.8. The fourth-order valence-corrected chi connectivity index (χ4v) is 3.37. The van der Waals surface area contributed by atoms with Gasteiger partial charge >= 0.3 is 0 Å². The van der Waals surface area contributed by atoms with Crippen molar-refractivity contribution in [3.05, 3.63) is 75.8 Å². The number of nitrogens with zero attached hydrogens (tertiary/aromatic N) is 2. The molecule has 0 heterocycles. The molecule has 0 spiro atoms. The van der Waals surface area contributed by atoms with Crippen molar-refractivity contribution < 1.29 is 18.1 Å². The predicted octanol–water partition coefficient (Wildman–Crippen LogP) is 2.17. The highest BCUT2D eigenvalue weighted by Gasteiger charge is 2.20. The molecule has 9 heteroatoms. The van der Waals surface area contributed by atoms with Gasteiger partial charge in [0.1, 0.15) is 0 Å². The zero-order chi connectivity index (χ0) is 20.0. The minimum atomic E-state index is -3.62. The summed E-state index contributed by atoms with van der Waals surface area (Å²) >= 11 is 0. The largest absolute Gasteiger partial charge is 0.348 e. The Morgan fingerprint density at radius 3 is 2.56 bits per heavy atom. The monoisotopic (exact) mass is 389 g/mol. The van der Waals surface area contributed by atoms with Crippen LogP contribution in [-0.2, 0) is 21.4 Å². The van der Waals surface area contributed by atoms with Gasteiger partial charge in [-0.15, -0.1) is 0 Å². The Morgan fingerprint density at radius 2 is 1.89 bits per heavy atom. The molecule has 2 aromatic carbocycles. The lowest BCUT2D eigenvalue weighted by molar-refractivity contribution is -0.384. The quantitative estimate of drug-likeness (QED) is 0.443. The van der Waals surface area contributed by atoms with Crippen molar-refractivity contribution in [3.8, 4) is 0 Å². The molecule has 2 aromatic rings. The summed E-state index contributed by atoms with van der Waals surface area (Å²) in [5.41, 5.74) is 0.901. The topological polar surface area (TPSA) is 110 Å². The summed E-state index contributed by atoms with van der Waals surface area (Å²) in [7, 11) is -0.749. The third kappa shape index (κ3) is 5.22. The van der Waals surface area contributed by atoms with Crippen molar-refractivity contribution >= 4 is 27.7 Å². The number of sulfonamides is 1. The number of nitro groups is 1. The van der Waals surface area contributed by atoms with Gasteiger partial charge in [0, 0.05) is 38.8 Å². The summed E-state index contributed by atoms with van der Waals surface area (Å²) in [5.74, 6) is -0.446. The Kier molecular flexibility index (Phi) is 6.43. The molecule has 0 aromatic heterocycles. The second-order valence-corrected chi connectivity index (χ2v) is 7.92. The van der Waals surface area contributed by atoms with E-state index in [1.54, 1.807) is 24.3 Å². The lowest BCUT2D eigenvalue weighted by Crippen LogP contribution is -2.26. The molecule has 0 bridgehead atoms. The van der Waals surface area contributed by atoms with E-state index < -0.39 is 20.9 Å². The minimum absolute atomic E-state index is 0.0291. The van der Waals surface area contributed by atoms with Crippen molar-refractivity contribution in [2.24, 2.45) is 0 Å². The lowest BCUT2D eigenvalue weighted by Gasteiger charge is -2.15. The van der Waals surface area contributed by atoms with Crippen molar-refractivity contribution in [1.82, 2.24) is 9.62 Å². The van der Waals surface area contributed by atoms with Gasteiger partial charge in [0.25, 0.3) is 5.69 Å². The zero-order valence-electron chi connectivity index (χ0n) is 14.8. The van der Waals surface area contributed by atoms with Crippen LogP contribution in [0.5, 0.6) is 0 Å².